The zero-order chi connectivity index (χ0) is 14.0. The van der Waals surface area contributed by atoms with E-state index in [1.807, 2.05) is 13.8 Å². The van der Waals surface area contributed by atoms with Gasteiger partial charge in [-0.15, -0.1) is 0 Å². The van der Waals surface area contributed by atoms with Gasteiger partial charge in [0.05, 0.1) is 12.7 Å². The van der Waals surface area contributed by atoms with Crippen LogP contribution in [0.25, 0.3) is 0 Å². The molecule has 1 aromatic carbocycles. The van der Waals surface area contributed by atoms with Gasteiger partial charge in [-0.3, -0.25) is 9.89 Å². The Labute approximate surface area is 110 Å². The Hall–Kier alpha value is -2.50. The number of methoxy groups -OCH3 is 1. The number of H-pyrrole nitrogens is 1. The fourth-order valence-corrected chi connectivity index (χ4v) is 1.61. The number of ether oxygens (including phenoxy) is 1. The molecule has 0 saturated carbocycles. The van der Waals surface area contributed by atoms with Crippen LogP contribution < -0.4 is 10.1 Å². The monoisotopic (exact) mass is 261 g/mol. The Balaban J connectivity index is 2.23. The SMILES string of the molecule is COc1ccc(C(=O)Nc2n[nH]c(C)c2C)c(O)c1. The minimum Gasteiger partial charge on any atom is -0.507 e. The van der Waals surface area contributed by atoms with Gasteiger partial charge in [0, 0.05) is 17.3 Å². The van der Waals surface area contributed by atoms with Gasteiger partial charge in [0.2, 0.25) is 0 Å². The number of hydrogen-bond acceptors (Lipinski definition) is 4. The Morgan fingerprint density at radius 3 is 2.68 bits per heavy atom. The van der Waals surface area contributed by atoms with E-state index in [0.717, 1.165) is 11.3 Å². The Morgan fingerprint density at radius 2 is 2.16 bits per heavy atom. The number of anilines is 1. The van der Waals surface area contributed by atoms with E-state index in [0.29, 0.717) is 11.6 Å². The molecule has 2 aromatic rings. The highest BCUT2D eigenvalue weighted by atomic mass is 16.5. The third-order valence-electron chi connectivity index (χ3n) is 2.93. The van der Waals surface area contributed by atoms with E-state index in [1.165, 1.54) is 19.2 Å². The van der Waals surface area contributed by atoms with E-state index in [9.17, 15) is 9.90 Å². The molecule has 0 unspecified atom stereocenters. The summed E-state index contributed by atoms with van der Waals surface area (Å²) in [6.45, 7) is 3.71. The summed E-state index contributed by atoms with van der Waals surface area (Å²) in [6, 6.07) is 4.49. The number of benzene rings is 1. The number of aromatic amines is 1. The van der Waals surface area contributed by atoms with E-state index >= 15 is 0 Å². The molecule has 1 heterocycles. The standard InChI is InChI=1S/C13H15N3O3/c1-7-8(2)15-16-12(7)14-13(18)10-5-4-9(19-3)6-11(10)17/h4-6,17H,1-3H3,(H2,14,15,16,18). The molecule has 0 radical (unpaired) electrons. The molecule has 19 heavy (non-hydrogen) atoms. The smallest absolute Gasteiger partial charge is 0.260 e. The second-order valence-electron chi connectivity index (χ2n) is 4.16. The highest BCUT2D eigenvalue weighted by molar-refractivity contribution is 6.06. The van der Waals surface area contributed by atoms with Crippen molar-refractivity contribution in [2.24, 2.45) is 0 Å². The number of phenolic OH excluding ortho intramolecular Hbond substituents is 1. The van der Waals surface area contributed by atoms with Crippen molar-refractivity contribution in [3.63, 3.8) is 0 Å². The minimum atomic E-state index is -0.422. The molecule has 2 rings (SSSR count). The molecule has 6 heteroatoms. The molecule has 1 aromatic heterocycles. The third kappa shape index (κ3) is 2.52. The Bertz CT molecular complexity index is 620. The summed E-state index contributed by atoms with van der Waals surface area (Å²) < 4.78 is 4.96. The summed E-state index contributed by atoms with van der Waals surface area (Å²) in [5, 5.41) is 19.2. The summed E-state index contributed by atoms with van der Waals surface area (Å²) in [5.41, 5.74) is 1.91. The normalized spacial score (nSPS) is 10.3. The number of rotatable bonds is 3. The molecular weight excluding hydrogens is 246 g/mol. The van der Waals surface area contributed by atoms with Crippen LogP contribution >= 0.6 is 0 Å². The molecular formula is C13H15N3O3. The molecule has 0 bridgehead atoms. The van der Waals surface area contributed by atoms with Gasteiger partial charge in [0.25, 0.3) is 5.91 Å². The van der Waals surface area contributed by atoms with Crippen LogP contribution in [-0.4, -0.2) is 28.3 Å². The van der Waals surface area contributed by atoms with Crippen molar-refractivity contribution in [2.45, 2.75) is 13.8 Å². The van der Waals surface area contributed by atoms with Crippen molar-refractivity contribution in [1.29, 1.82) is 0 Å². The number of carbonyl (C=O) groups excluding carboxylic acids is 1. The molecule has 0 aliphatic rings. The van der Waals surface area contributed by atoms with Gasteiger partial charge in [0.15, 0.2) is 5.82 Å². The number of nitrogens with one attached hydrogen (secondary N) is 2. The number of hydrogen-bond donors (Lipinski definition) is 3. The highest BCUT2D eigenvalue weighted by Gasteiger charge is 2.15. The van der Waals surface area contributed by atoms with Crippen LogP contribution in [-0.2, 0) is 0 Å². The van der Waals surface area contributed by atoms with Crippen molar-refractivity contribution in [3.8, 4) is 11.5 Å². The van der Waals surface area contributed by atoms with Crippen molar-refractivity contribution < 1.29 is 14.6 Å². The minimum absolute atomic E-state index is 0.137. The van der Waals surface area contributed by atoms with Crippen LogP contribution in [0, 0.1) is 13.8 Å². The van der Waals surface area contributed by atoms with Crippen LogP contribution in [0.4, 0.5) is 5.82 Å². The first-order valence-corrected chi connectivity index (χ1v) is 5.73. The number of carbonyl (C=O) groups is 1. The molecule has 6 nitrogen and oxygen atoms in total. The van der Waals surface area contributed by atoms with Crippen molar-refractivity contribution in [1.82, 2.24) is 10.2 Å². The average molecular weight is 261 g/mol. The lowest BCUT2D eigenvalue weighted by molar-refractivity contribution is 0.102. The summed E-state index contributed by atoms with van der Waals surface area (Å²) >= 11 is 0. The summed E-state index contributed by atoms with van der Waals surface area (Å²) in [4.78, 5) is 12.0. The first-order chi connectivity index (χ1) is 9.02. The van der Waals surface area contributed by atoms with Crippen LogP contribution in [0.2, 0.25) is 0 Å². The zero-order valence-corrected chi connectivity index (χ0v) is 10.9. The van der Waals surface area contributed by atoms with E-state index in [1.54, 1.807) is 6.07 Å². The molecule has 0 fully saturated rings. The average Bonchev–Trinajstić information content (AvgIpc) is 2.70. The number of aromatic hydroxyl groups is 1. The van der Waals surface area contributed by atoms with Crippen LogP contribution in [0.1, 0.15) is 21.6 Å². The predicted molar refractivity (Wildman–Crippen MR) is 70.7 cm³/mol. The first kappa shape index (κ1) is 12.9. The fourth-order valence-electron chi connectivity index (χ4n) is 1.61. The van der Waals surface area contributed by atoms with Gasteiger partial charge < -0.3 is 15.2 Å². The van der Waals surface area contributed by atoms with Crippen LogP contribution in [0.3, 0.4) is 0 Å². The molecule has 0 saturated heterocycles. The lowest BCUT2D eigenvalue weighted by Crippen LogP contribution is -2.13. The highest BCUT2D eigenvalue weighted by Crippen LogP contribution is 2.24. The van der Waals surface area contributed by atoms with E-state index in [-0.39, 0.29) is 11.3 Å². The molecule has 3 N–H and O–H groups in total. The number of amides is 1. The second-order valence-corrected chi connectivity index (χ2v) is 4.16. The van der Waals surface area contributed by atoms with E-state index < -0.39 is 5.91 Å². The topological polar surface area (TPSA) is 87.2 Å². The fraction of sp³-hybridized carbons (Fsp3) is 0.231. The number of phenols is 1. The quantitative estimate of drug-likeness (QED) is 0.788. The maximum absolute atomic E-state index is 12.0. The molecule has 0 aliphatic carbocycles. The molecule has 1 amide bonds. The zero-order valence-electron chi connectivity index (χ0n) is 10.9. The summed E-state index contributed by atoms with van der Waals surface area (Å²) in [7, 11) is 1.49. The number of nitrogens with zero attached hydrogens (tertiary/aromatic N) is 1. The molecule has 100 valence electrons. The summed E-state index contributed by atoms with van der Waals surface area (Å²) in [6.07, 6.45) is 0. The first-order valence-electron chi connectivity index (χ1n) is 5.73. The predicted octanol–water partition coefficient (Wildman–Crippen LogP) is 1.99. The maximum Gasteiger partial charge on any atom is 0.260 e. The maximum atomic E-state index is 12.0. The molecule has 0 aliphatic heterocycles. The Kier molecular flexibility index (Phi) is 3.41. The van der Waals surface area contributed by atoms with Crippen molar-refractivity contribution >= 4 is 11.7 Å². The van der Waals surface area contributed by atoms with E-state index in [4.69, 9.17) is 4.74 Å². The van der Waals surface area contributed by atoms with Crippen LogP contribution in [0.5, 0.6) is 11.5 Å². The third-order valence-corrected chi connectivity index (χ3v) is 2.93. The Morgan fingerprint density at radius 1 is 1.42 bits per heavy atom. The van der Waals surface area contributed by atoms with Gasteiger partial charge >= 0.3 is 0 Å². The number of aromatic nitrogens is 2. The molecule has 0 spiro atoms. The lowest BCUT2D eigenvalue weighted by Gasteiger charge is -2.07. The van der Waals surface area contributed by atoms with Crippen LogP contribution in [0.15, 0.2) is 18.2 Å². The largest absolute Gasteiger partial charge is 0.507 e. The summed E-state index contributed by atoms with van der Waals surface area (Å²) in [5.74, 6) is 0.384. The van der Waals surface area contributed by atoms with Gasteiger partial charge in [-0.25, -0.2) is 0 Å². The van der Waals surface area contributed by atoms with Crippen molar-refractivity contribution in [2.75, 3.05) is 12.4 Å². The second kappa shape index (κ2) is 5.01. The lowest BCUT2D eigenvalue weighted by atomic mass is 10.1. The van der Waals surface area contributed by atoms with Gasteiger partial charge in [-0.05, 0) is 26.0 Å². The van der Waals surface area contributed by atoms with Gasteiger partial charge in [0.1, 0.15) is 11.5 Å². The van der Waals surface area contributed by atoms with Gasteiger partial charge in [-0.2, -0.15) is 5.10 Å². The molecule has 0 atom stereocenters. The van der Waals surface area contributed by atoms with E-state index in [2.05, 4.69) is 15.5 Å². The van der Waals surface area contributed by atoms with Crippen molar-refractivity contribution in [3.05, 3.63) is 35.0 Å². The van der Waals surface area contributed by atoms with Gasteiger partial charge in [-0.1, -0.05) is 0 Å². The number of aryl methyl sites for hydroxylation is 1.